The molecule has 106 valence electrons. The van der Waals surface area contributed by atoms with Gasteiger partial charge in [0, 0.05) is 32.3 Å². The molecule has 0 aromatic heterocycles. The topological polar surface area (TPSA) is 24.5 Å². The number of likely N-dealkylation sites (tertiary alicyclic amines) is 1. The van der Waals surface area contributed by atoms with Gasteiger partial charge in [-0.05, 0) is 50.6 Å². The second-order valence-electron chi connectivity index (χ2n) is 6.39. The third-order valence-electron chi connectivity index (χ3n) is 4.00. The van der Waals surface area contributed by atoms with E-state index in [1.54, 1.807) is 0 Å². The summed E-state index contributed by atoms with van der Waals surface area (Å²) >= 11 is 0. The molecule has 2 rings (SSSR count). The zero-order valence-electron chi connectivity index (χ0n) is 12.2. The smallest absolute Gasteiger partial charge is 0.0494 e. The minimum absolute atomic E-state index is 0.620. The lowest BCUT2D eigenvalue weighted by molar-refractivity contribution is 0.114. The van der Waals surface area contributed by atoms with Crippen LogP contribution in [-0.2, 0) is 4.74 Å². The Morgan fingerprint density at radius 2 is 2.06 bits per heavy atom. The van der Waals surface area contributed by atoms with Crippen LogP contribution in [0.5, 0.6) is 0 Å². The molecule has 1 aliphatic heterocycles. The SMILES string of the molecule is CC(C)NCC1CCN(CCCOCC2CC2)C1. The highest BCUT2D eigenvalue weighted by Gasteiger charge is 2.22. The molecule has 1 unspecified atom stereocenters. The zero-order valence-corrected chi connectivity index (χ0v) is 12.2. The van der Waals surface area contributed by atoms with E-state index < -0.39 is 0 Å². The van der Waals surface area contributed by atoms with Gasteiger partial charge < -0.3 is 15.0 Å². The van der Waals surface area contributed by atoms with Gasteiger partial charge in [0.25, 0.3) is 0 Å². The maximum Gasteiger partial charge on any atom is 0.0494 e. The van der Waals surface area contributed by atoms with Crippen LogP contribution < -0.4 is 5.32 Å². The largest absolute Gasteiger partial charge is 0.381 e. The second-order valence-corrected chi connectivity index (χ2v) is 6.39. The van der Waals surface area contributed by atoms with E-state index in [2.05, 4.69) is 24.1 Å². The molecule has 1 N–H and O–H groups in total. The van der Waals surface area contributed by atoms with E-state index in [1.807, 2.05) is 0 Å². The van der Waals surface area contributed by atoms with Crippen LogP contribution in [0.3, 0.4) is 0 Å². The molecule has 0 spiro atoms. The molecule has 0 aromatic carbocycles. The van der Waals surface area contributed by atoms with Gasteiger partial charge in [-0.15, -0.1) is 0 Å². The van der Waals surface area contributed by atoms with Crippen LogP contribution in [0.2, 0.25) is 0 Å². The fourth-order valence-corrected chi connectivity index (χ4v) is 2.61. The molecule has 1 atom stereocenters. The van der Waals surface area contributed by atoms with Crippen LogP contribution in [-0.4, -0.2) is 50.3 Å². The zero-order chi connectivity index (χ0) is 12.8. The van der Waals surface area contributed by atoms with Gasteiger partial charge in [-0.1, -0.05) is 13.8 Å². The summed E-state index contributed by atoms with van der Waals surface area (Å²) in [6, 6.07) is 0.620. The van der Waals surface area contributed by atoms with Crippen molar-refractivity contribution in [1.29, 1.82) is 0 Å². The Balaban J connectivity index is 1.44. The molecular weight excluding hydrogens is 224 g/mol. The number of ether oxygens (including phenoxy) is 1. The number of nitrogens with zero attached hydrogens (tertiary/aromatic N) is 1. The van der Waals surface area contributed by atoms with Crippen LogP contribution >= 0.6 is 0 Å². The lowest BCUT2D eigenvalue weighted by Crippen LogP contribution is -2.31. The number of rotatable bonds is 9. The Kier molecular flexibility index (Phi) is 5.93. The Bertz CT molecular complexity index is 229. The Hall–Kier alpha value is -0.120. The molecule has 18 heavy (non-hydrogen) atoms. The second kappa shape index (κ2) is 7.46. The summed E-state index contributed by atoms with van der Waals surface area (Å²) in [6.07, 6.45) is 5.37. The lowest BCUT2D eigenvalue weighted by Gasteiger charge is -2.17. The predicted molar refractivity (Wildman–Crippen MR) is 75.8 cm³/mol. The fourth-order valence-electron chi connectivity index (χ4n) is 2.61. The van der Waals surface area contributed by atoms with Crippen LogP contribution in [0.15, 0.2) is 0 Å². The summed E-state index contributed by atoms with van der Waals surface area (Å²) in [6.45, 7) is 11.4. The lowest BCUT2D eigenvalue weighted by atomic mass is 10.1. The third kappa shape index (κ3) is 5.68. The average Bonchev–Trinajstić information content (AvgIpc) is 3.05. The van der Waals surface area contributed by atoms with Crippen LogP contribution in [0.1, 0.15) is 39.5 Å². The molecule has 0 bridgehead atoms. The monoisotopic (exact) mass is 254 g/mol. The number of hydrogen-bond acceptors (Lipinski definition) is 3. The first kappa shape index (κ1) is 14.3. The van der Waals surface area contributed by atoms with Gasteiger partial charge in [-0.2, -0.15) is 0 Å². The van der Waals surface area contributed by atoms with Crippen molar-refractivity contribution in [2.75, 3.05) is 39.4 Å². The molecule has 1 saturated carbocycles. The molecular formula is C15H30N2O. The van der Waals surface area contributed by atoms with E-state index in [-0.39, 0.29) is 0 Å². The maximum absolute atomic E-state index is 5.68. The van der Waals surface area contributed by atoms with E-state index in [0.717, 1.165) is 25.0 Å². The third-order valence-corrected chi connectivity index (χ3v) is 4.00. The van der Waals surface area contributed by atoms with Crippen LogP contribution in [0, 0.1) is 11.8 Å². The van der Waals surface area contributed by atoms with Crippen molar-refractivity contribution in [1.82, 2.24) is 10.2 Å². The van der Waals surface area contributed by atoms with E-state index in [4.69, 9.17) is 4.74 Å². The quantitative estimate of drug-likeness (QED) is 0.638. The van der Waals surface area contributed by atoms with Gasteiger partial charge in [-0.3, -0.25) is 0 Å². The first-order valence-corrected chi connectivity index (χ1v) is 7.77. The van der Waals surface area contributed by atoms with Crippen molar-refractivity contribution in [3.63, 3.8) is 0 Å². The summed E-state index contributed by atoms with van der Waals surface area (Å²) in [7, 11) is 0. The predicted octanol–water partition coefficient (Wildman–Crippen LogP) is 2.12. The van der Waals surface area contributed by atoms with Crippen LogP contribution in [0.4, 0.5) is 0 Å². The van der Waals surface area contributed by atoms with Crippen molar-refractivity contribution >= 4 is 0 Å². The summed E-state index contributed by atoms with van der Waals surface area (Å²) < 4.78 is 5.68. The van der Waals surface area contributed by atoms with Crippen molar-refractivity contribution in [3.8, 4) is 0 Å². The molecule has 1 aliphatic carbocycles. The Morgan fingerprint density at radius 1 is 1.22 bits per heavy atom. The first-order valence-electron chi connectivity index (χ1n) is 7.77. The average molecular weight is 254 g/mol. The van der Waals surface area contributed by atoms with E-state index in [0.29, 0.717) is 6.04 Å². The van der Waals surface area contributed by atoms with Gasteiger partial charge in [0.1, 0.15) is 0 Å². The molecule has 0 amide bonds. The van der Waals surface area contributed by atoms with Crippen molar-refractivity contribution in [2.24, 2.45) is 11.8 Å². The van der Waals surface area contributed by atoms with E-state index in [1.165, 1.54) is 51.9 Å². The minimum atomic E-state index is 0.620. The molecule has 2 aliphatic rings. The molecule has 1 heterocycles. The van der Waals surface area contributed by atoms with E-state index in [9.17, 15) is 0 Å². The van der Waals surface area contributed by atoms with Gasteiger partial charge in [-0.25, -0.2) is 0 Å². The molecule has 3 nitrogen and oxygen atoms in total. The Morgan fingerprint density at radius 3 is 2.78 bits per heavy atom. The molecule has 2 fully saturated rings. The van der Waals surface area contributed by atoms with Crippen molar-refractivity contribution in [2.45, 2.75) is 45.6 Å². The number of nitrogens with one attached hydrogen (secondary N) is 1. The molecule has 0 radical (unpaired) electrons. The summed E-state index contributed by atoms with van der Waals surface area (Å²) in [5, 5.41) is 3.55. The fraction of sp³-hybridized carbons (Fsp3) is 1.00. The standard InChI is InChI=1S/C15H30N2O/c1-13(2)16-10-15-6-8-17(11-15)7-3-9-18-12-14-4-5-14/h13-16H,3-12H2,1-2H3. The molecule has 3 heteroatoms. The van der Waals surface area contributed by atoms with Gasteiger partial charge in [0.15, 0.2) is 0 Å². The summed E-state index contributed by atoms with van der Waals surface area (Å²) in [5.74, 6) is 1.77. The van der Waals surface area contributed by atoms with E-state index >= 15 is 0 Å². The summed E-state index contributed by atoms with van der Waals surface area (Å²) in [4.78, 5) is 2.60. The molecule has 1 saturated heterocycles. The highest BCUT2D eigenvalue weighted by molar-refractivity contribution is 4.77. The van der Waals surface area contributed by atoms with Crippen molar-refractivity contribution < 1.29 is 4.74 Å². The number of hydrogen-bond donors (Lipinski definition) is 1. The van der Waals surface area contributed by atoms with Crippen molar-refractivity contribution in [3.05, 3.63) is 0 Å². The minimum Gasteiger partial charge on any atom is -0.381 e. The normalized spacial score (nSPS) is 25.2. The highest BCUT2D eigenvalue weighted by atomic mass is 16.5. The van der Waals surface area contributed by atoms with Gasteiger partial charge in [0.05, 0.1) is 0 Å². The Labute approximate surface area is 112 Å². The van der Waals surface area contributed by atoms with Gasteiger partial charge in [0.2, 0.25) is 0 Å². The summed E-state index contributed by atoms with van der Waals surface area (Å²) in [5.41, 5.74) is 0. The van der Waals surface area contributed by atoms with Crippen LogP contribution in [0.25, 0.3) is 0 Å². The first-order chi connectivity index (χ1) is 8.74. The van der Waals surface area contributed by atoms with Gasteiger partial charge >= 0.3 is 0 Å². The maximum atomic E-state index is 5.68. The highest BCUT2D eigenvalue weighted by Crippen LogP contribution is 2.28. The molecule has 0 aromatic rings.